The SMILES string of the molecule is CCC(=O)Nc1ccc(NCc2cnc(CC)s2)cc1. The summed E-state index contributed by atoms with van der Waals surface area (Å²) in [6.45, 7) is 4.72. The molecule has 0 fully saturated rings. The minimum Gasteiger partial charge on any atom is -0.380 e. The molecule has 1 aromatic heterocycles. The van der Waals surface area contributed by atoms with E-state index in [1.807, 2.05) is 37.4 Å². The van der Waals surface area contributed by atoms with Gasteiger partial charge in [-0.15, -0.1) is 11.3 Å². The Kier molecular flexibility index (Phi) is 5.12. The fourth-order valence-electron chi connectivity index (χ4n) is 1.70. The summed E-state index contributed by atoms with van der Waals surface area (Å²) in [6, 6.07) is 7.74. The number of carbonyl (C=O) groups is 1. The van der Waals surface area contributed by atoms with Crippen LogP contribution in [0.2, 0.25) is 0 Å². The molecule has 1 aromatic carbocycles. The van der Waals surface area contributed by atoms with Crippen LogP contribution in [0.15, 0.2) is 30.5 Å². The topological polar surface area (TPSA) is 54.0 Å². The molecule has 0 bridgehead atoms. The van der Waals surface area contributed by atoms with E-state index in [2.05, 4.69) is 22.5 Å². The summed E-state index contributed by atoms with van der Waals surface area (Å²) in [5.41, 5.74) is 1.86. The van der Waals surface area contributed by atoms with Gasteiger partial charge in [0.15, 0.2) is 0 Å². The van der Waals surface area contributed by atoms with Gasteiger partial charge < -0.3 is 10.6 Å². The maximum atomic E-state index is 11.3. The number of carbonyl (C=O) groups excluding carboxylic acids is 1. The number of hydrogen-bond donors (Lipinski definition) is 2. The second kappa shape index (κ2) is 7.05. The van der Waals surface area contributed by atoms with Gasteiger partial charge >= 0.3 is 0 Å². The molecule has 106 valence electrons. The van der Waals surface area contributed by atoms with Crippen molar-refractivity contribution >= 4 is 28.6 Å². The Balaban J connectivity index is 1.88. The highest BCUT2D eigenvalue weighted by Crippen LogP contribution is 2.17. The van der Waals surface area contributed by atoms with Gasteiger partial charge in [-0.1, -0.05) is 13.8 Å². The lowest BCUT2D eigenvalue weighted by Gasteiger charge is -2.07. The summed E-state index contributed by atoms with van der Waals surface area (Å²) < 4.78 is 0. The van der Waals surface area contributed by atoms with Crippen molar-refractivity contribution in [2.75, 3.05) is 10.6 Å². The van der Waals surface area contributed by atoms with Crippen molar-refractivity contribution in [1.29, 1.82) is 0 Å². The van der Waals surface area contributed by atoms with Crippen molar-refractivity contribution in [2.24, 2.45) is 0 Å². The lowest BCUT2D eigenvalue weighted by Crippen LogP contribution is -2.09. The number of benzene rings is 1. The van der Waals surface area contributed by atoms with Crippen molar-refractivity contribution in [2.45, 2.75) is 33.2 Å². The van der Waals surface area contributed by atoms with Crippen molar-refractivity contribution in [3.05, 3.63) is 40.3 Å². The standard InChI is InChI=1S/C15H19N3OS/c1-3-14(19)18-12-7-5-11(6-8-12)16-9-13-10-17-15(4-2)20-13/h5-8,10,16H,3-4,9H2,1-2H3,(H,18,19). The van der Waals surface area contributed by atoms with Crippen LogP contribution in [0, 0.1) is 0 Å². The third kappa shape index (κ3) is 4.06. The van der Waals surface area contributed by atoms with Gasteiger partial charge in [0.05, 0.1) is 11.6 Å². The van der Waals surface area contributed by atoms with Gasteiger partial charge in [-0.3, -0.25) is 4.79 Å². The van der Waals surface area contributed by atoms with Gasteiger partial charge in [0.1, 0.15) is 0 Å². The van der Waals surface area contributed by atoms with Crippen LogP contribution < -0.4 is 10.6 Å². The van der Waals surface area contributed by atoms with Gasteiger partial charge in [0.25, 0.3) is 0 Å². The first-order valence-electron chi connectivity index (χ1n) is 6.78. The summed E-state index contributed by atoms with van der Waals surface area (Å²) in [5, 5.41) is 7.35. The van der Waals surface area contributed by atoms with E-state index in [0.717, 1.165) is 24.3 Å². The van der Waals surface area contributed by atoms with Crippen LogP contribution in [-0.2, 0) is 17.8 Å². The third-order valence-corrected chi connectivity index (χ3v) is 4.00. The van der Waals surface area contributed by atoms with E-state index in [1.54, 1.807) is 11.3 Å². The highest BCUT2D eigenvalue weighted by molar-refractivity contribution is 7.11. The zero-order chi connectivity index (χ0) is 14.4. The van der Waals surface area contributed by atoms with Crippen LogP contribution in [0.4, 0.5) is 11.4 Å². The zero-order valence-electron chi connectivity index (χ0n) is 11.8. The molecule has 0 atom stereocenters. The van der Waals surface area contributed by atoms with E-state index < -0.39 is 0 Å². The predicted molar refractivity (Wildman–Crippen MR) is 84.2 cm³/mol. The number of nitrogens with one attached hydrogen (secondary N) is 2. The first-order valence-corrected chi connectivity index (χ1v) is 7.60. The number of thiazole rings is 1. The zero-order valence-corrected chi connectivity index (χ0v) is 12.6. The molecule has 0 saturated carbocycles. The summed E-state index contributed by atoms with van der Waals surface area (Å²) in [6.07, 6.45) is 3.40. The number of hydrogen-bond acceptors (Lipinski definition) is 4. The Bertz CT molecular complexity index is 563. The molecule has 0 saturated heterocycles. The molecule has 1 heterocycles. The number of amides is 1. The van der Waals surface area contributed by atoms with E-state index >= 15 is 0 Å². The molecule has 1 amide bonds. The fraction of sp³-hybridized carbons (Fsp3) is 0.333. The minimum atomic E-state index is 0.0301. The summed E-state index contributed by atoms with van der Waals surface area (Å²) >= 11 is 1.74. The van der Waals surface area contributed by atoms with Gasteiger partial charge in [-0.25, -0.2) is 4.98 Å². The highest BCUT2D eigenvalue weighted by Gasteiger charge is 2.01. The normalized spacial score (nSPS) is 10.3. The van der Waals surface area contributed by atoms with E-state index in [4.69, 9.17) is 0 Å². The first-order chi connectivity index (χ1) is 9.71. The van der Waals surface area contributed by atoms with Gasteiger partial charge in [-0.05, 0) is 30.7 Å². The molecule has 2 aromatic rings. The van der Waals surface area contributed by atoms with Gasteiger partial charge in [0, 0.05) is 28.9 Å². The Morgan fingerprint density at radius 3 is 2.50 bits per heavy atom. The smallest absolute Gasteiger partial charge is 0.224 e. The molecule has 4 nitrogen and oxygen atoms in total. The van der Waals surface area contributed by atoms with Crippen LogP contribution in [0.3, 0.4) is 0 Å². The number of nitrogens with zero attached hydrogens (tertiary/aromatic N) is 1. The van der Waals surface area contributed by atoms with Crippen molar-refractivity contribution in [3.8, 4) is 0 Å². The summed E-state index contributed by atoms with van der Waals surface area (Å²) in [5.74, 6) is 0.0301. The fourth-order valence-corrected chi connectivity index (χ4v) is 2.51. The molecular weight excluding hydrogens is 270 g/mol. The van der Waals surface area contributed by atoms with Crippen molar-refractivity contribution in [1.82, 2.24) is 4.98 Å². The molecule has 2 rings (SSSR count). The van der Waals surface area contributed by atoms with E-state index in [1.165, 1.54) is 9.88 Å². The quantitative estimate of drug-likeness (QED) is 0.853. The molecule has 20 heavy (non-hydrogen) atoms. The lowest BCUT2D eigenvalue weighted by molar-refractivity contribution is -0.115. The van der Waals surface area contributed by atoms with Crippen LogP contribution in [0.5, 0.6) is 0 Å². The predicted octanol–water partition coefficient (Wildman–Crippen LogP) is 3.67. The second-order valence-corrected chi connectivity index (χ2v) is 5.61. The maximum Gasteiger partial charge on any atom is 0.224 e. The largest absolute Gasteiger partial charge is 0.380 e. The van der Waals surface area contributed by atoms with Crippen LogP contribution >= 0.6 is 11.3 Å². The molecule has 5 heteroatoms. The first kappa shape index (κ1) is 14.5. The summed E-state index contributed by atoms with van der Waals surface area (Å²) in [4.78, 5) is 16.8. The molecule has 0 radical (unpaired) electrons. The van der Waals surface area contributed by atoms with Gasteiger partial charge in [-0.2, -0.15) is 0 Å². The maximum absolute atomic E-state index is 11.3. The molecule has 0 aliphatic carbocycles. The Morgan fingerprint density at radius 2 is 1.90 bits per heavy atom. The number of aryl methyl sites for hydroxylation is 1. The highest BCUT2D eigenvalue weighted by atomic mass is 32.1. The number of rotatable bonds is 6. The van der Waals surface area contributed by atoms with Crippen LogP contribution in [0.25, 0.3) is 0 Å². The Hall–Kier alpha value is -1.88. The molecule has 0 unspecified atom stereocenters. The molecule has 0 aliphatic heterocycles. The molecule has 0 spiro atoms. The second-order valence-electron chi connectivity index (χ2n) is 4.41. The Morgan fingerprint density at radius 1 is 1.20 bits per heavy atom. The molecule has 2 N–H and O–H groups in total. The molecule has 0 aliphatic rings. The average Bonchev–Trinajstić information content (AvgIpc) is 2.94. The molecular formula is C15H19N3OS. The monoisotopic (exact) mass is 289 g/mol. The van der Waals surface area contributed by atoms with E-state index in [0.29, 0.717) is 6.42 Å². The van der Waals surface area contributed by atoms with Crippen molar-refractivity contribution < 1.29 is 4.79 Å². The van der Waals surface area contributed by atoms with Crippen LogP contribution in [-0.4, -0.2) is 10.9 Å². The number of anilines is 2. The number of aromatic nitrogens is 1. The minimum absolute atomic E-state index is 0.0301. The Labute approximate surface area is 123 Å². The van der Waals surface area contributed by atoms with Crippen molar-refractivity contribution in [3.63, 3.8) is 0 Å². The average molecular weight is 289 g/mol. The third-order valence-electron chi connectivity index (χ3n) is 2.86. The van der Waals surface area contributed by atoms with Gasteiger partial charge in [0.2, 0.25) is 5.91 Å². The van der Waals surface area contributed by atoms with Crippen LogP contribution in [0.1, 0.15) is 30.2 Å². The van der Waals surface area contributed by atoms with E-state index in [-0.39, 0.29) is 5.91 Å². The lowest BCUT2D eigenvalue weighted by atomic mass is 10.2. The summed E-state index contributed by atoms with van der Waals surface area (Å²) in [7, 11) is 0. The van der Waals surface area contributed by atoms with E-state index in [9.17, 15) is 4.79 Å².